The van der Waals surface area contributed by atoms with E-state index in [9.17, 15) is 4.79 Å². The number of amides is 1. The van der Waals surface area contributed by atoms with Gasteiger partial charge in [-0.3, -0.25) is 9.48 Å². The SMILES string of the molecule is CC(=O)Nc1ccc(CNCCn2cccn2)cc1. The van der Waals surface area contributed by atoms with Gasteiger partial charge >= 0.3 is 0 Å². The number of nitrogens with one attached hydrogen (secondary N) is 2. The summed E-state index contributed by atoms with van der Waals surface area (Å²) >= 11 is 0. The highest BCUT2D eigenvalue weighted by molar-refractivity contribution is 5.88. The predicted molar refractivity (Wildman–Crippen MR) is 74.7 cm³/mol. The molecule has 0 saturated heterocycles. The van der Waals surface area contributed by atoms with E-state index >= 15 is 0 Å². The molecule has 0 radical (unpaired) electrons. The molecule has 0 fully saturated rings. The molecule has 0 aliphatic heterocycles. The zero-order chi connectivity index (χ0) is 13.5. The second-order valence-electron chi connectivity index (χ2n) is 4.32. The summed E-state index contributed by atoms with van der Waals surface area (Å²) in [5, 5.41) is 10.2. The summed E-state index contributed by atoms with van der Waals surface area (Å²) < 4.78 is 1.90. The third kappa shape index (κ3) is 4.56. The van der Waals surface area contributed by atoms with E-state index in [4.69, 9.17) is 0 Å². The average Bonchev–Trinajstić information content (AvgIpc) is 2.89. The van der Waals surface area contributed by atoms with Crippen LogP contribution >= 0.6 is 0 Å². The van der Waals surface area contributed by atoms with E-state index in [1.807, 2.05) is 41.2 Å². The van der Waals surface area contributed by atoms with E-state index in [0.717, 1.165) is 25.3 Å². The van der Waals surface area contributed by atoms with Crippen LogP contribution in [0.4, 0.5) is 5.69 Å². The maximum Gasteiger partial charge on any atom is 0.221 e. The molecule has 19 heavy (non-hydrogen) atoms. The number of hydrogen-bond donors (Lipinski definition) is 2. The minimum absolute atomic E-state index is 0.0508. The summed E-state index contributed by atoms with van der Waals surface area (Å²) in [7, 11) is 0. The second kappa shape index (κ2) is 6.70. The zero-order valence-corrected chi connectivity index (χ0v) is 11.0. The van der Waals surface area contributed by atoms with Gasteiger partial charge in [0.05, 0.1) is 6.54 Å². The normalized spacial score (nSPS) is 10.4. The van der Waals surface area contributed by atoms with Gasteiger partial charge in [0, 0.05) is 38.1 Å². The van der Waals surface area contributed by atoms with Crippen molar-refractivity contribution < 1.29 is 4.79 Å². The Balaban J connectivity index is 1.72. The van der Waals surface area contributed by atoms with Crippen LogP contribution in [-0.4, -0.2) is 22.2 Å². The first kappa shape index (κ1) is 13.3. The molecule has 100 valence electrons. The van der Waals surface area contributed by atoms with Gasteiger partial charge < -0.3 is 10.6 Å². The third-order valence-electron chi connectivity index (χ3n) is 2.68. The molecule has 0 unspecified atom stereocenters. The lowest BCUT2D eigenvalue weighted by molar-refractivity contribution is -0.114. The molecule has 1 aromatic carbocycles. The average molecular weight is 258 g/mol. The number of rotatable bonds is 6. The lowest BCUT2D eigenvalue weighted by Gasteiger charge is -2.07. The molecule has 0 bridgehead atoms. The molecule has 5 heteroatoms. The summed E-state index contributed by atoms with van der Waals surface area (Å²) in [6, 6.07) is 9.75. The Bertz CT molecular complexity index is 505. The second-order valence-corrected chi connectivity index (χ2v) is 4.32. The Morgan fingerprint density at radius 1 is 1.32 bits per heavy atom. The molecular formula is C14H18N4O. The molecule has 1 amide bonds. The number of hydrogen-bond acceptors (Lipinski definition) is 3. The number of anilines is 1. The molecular weight excluding hydrogens is 240 g/mol. The summed E-state index contributed by atoms with van der Waals surface area (Å²) in [5.74, 6) is -0.0508. The fourth-order valence-corrected chi connectivity index (χ4v) is 1.77. The van der Waals surface area contributed by atoms with Gasteiger partial charge in [0.15, 0.2) is 0 Å². The van der Waals surface area contributed by atoms with Gasteiger partial charge in [-0.2, -0.15) is 5.10 Å². The number of benzene rings is 1. The molecule has 0 saturated carbocycles. The fraction of sp³-hybridized carbons (Fsp3) is 0.286. The zero-order valence-electron chi connectivity index (χ0n) is 11.0. The van der Waals surface area contributed by atoms with Gasteiger partial charge in [-0.15, -0.1) is 0 Å². The van der Waals surface area contributed by atoms with E-state index in [1.54, 1.807) is 6.20 Å². The first-order valence-corrected chi connectivity index (χ1v) is 6.29. The molecule has 0 atom stereocenters. The fourth-order valence-electron chi connectivity index (χ4n) is 1.77. The van der Waals surface area contributed by atoms with Crippen LogP contribution < -0.4 is 10.6 Å². The van der Waals surface area contributed by atoms with Gasteiger partial charge in [0.2, 0.25) is 5.91 Å². The van der Waals surface area contributed by atoms with E-state index in [2.05, 4.69) is 15.7 Å². The maximum absolute atomic E-state index is 10.9. The van der Waals surface area contributed by atoms with Crippen molar-refractivity contribution in [1.82, 2.24) is 15.1 Å². The van der Waals surface area contributed by atoms with Crippen molar-refractivity contribution in [2.24, 2.45) is 0 Å². The molecule has 1 aromatic heterocycles. The van der Waals surface area contributed by atoms with Gasteiger partial charge in [0.25, 0.3) is 0 Å². The Labute approximate surface area is 112 Å². The number of carbonyl (C=O) groups is 1. The van der Waals surface area contributed by atoms with Crippen molar-refractivity contribution in [3.63, 3.8) is 0 Å². The number of carbonyl (C=O) groups excluding carboxylic acids is 1. The molecule has 2 N–H and O–H groups in total. The van der Waals surface area contributed by atoms with Crippen LogP contribution in [0, 0.1) is 0 Å². The van der Waals surface area contributed by atoms with Gasteiger partial charge in [-0.1, -0.05) is 12.1 Å². The van der Waals surface area contributed by atoms with Crippen molar-refractivity contribution in [3.05, 3.63) is 48.3 Å². The van der Waals surface area contributed by atoms with Crippen LogP contribution in [0.2, 0.25) is 0 Å². The lowest BCUT2D eigenvalue weighted by Crippen LogP contribution is -2.19. The topological polar surface area (TPSA) is 59.0 Å². The minimum atomic E-state index is -0.0508. The monoisotopic (exact) mass is 258 g/mol. The highest BCUT2D eigenvalue weighted by atomic mass is 16.1. The first-order chi connectivity index (χ1) is 9.24. The van der Waals surface area contributed by atoms with Gasteiger partial charge in [-0.25, -0.2) is 0 Å². The van der Waals surface area contributed by atoms with Crippen LogP contribution in [-0.2, 0) is 17.9 Å². The van der Waals surface area contributed by atoms with Crippen molar-refractivity contribution >= 4 is 11.6 Å². The van der Waals surface area contributed by atoms with Crippen LogP contribution in [0.5, 0.6) is 0 Å². The van der Waals surface area contributed by atoms with E-state index in [1.165, 1.54) is 12.5 Å². The highest BCUT2D eigenvalue weighted by Crippen LogP contribution is 2.09. The van der Waals surface area contributed by atoms with Crippen molar-refractivity contribution in [3.8, 4) is 0 Å². The Hall–Kier alpha value is -2.14. The molecule has 1 heterocycles. The van der Waals surface area contributed by atoms with Crippen LogP contribution in [0.3, 0.4) is 0 Å². The standard InChI is InChI=1S/C14H18N4O/c1-12(19)17-14-5-3-13(4-6-14)11-15-8-10-18-9-2-7-16-18/h2-7,9,15H,8,10-11H2,1H3,(H,17,19). The molecule has 0 aliphatic carbocycles. The van der Waals surface area contributed by atoms with Gasteiger partial charge in [0.1, 0.15) is 0 Å². The van der Waals surface area contributed by atoms with Crippen molar-refractivity contribution in [2.45, 2.75) is 20.0 Å². The van der Waals surface area contributed by atoms with Crippen LogP contribution in [0.25, 0.3) is 0 Å². The molecule has 0 aliphatic rings. The van der Waals surface area contributed by atoms with Crippen molar-refractivity contribution in [1.29, 1.82) is 0 Å². The Morgan fingerprint density at radius 2 is 2.11 bits per heavy atom. The largest absolute Gasteiger partial charge is 0.326 e. The third-order valence-corrected chi connectivity index (χ3v) is 2.68. The van der Waals surface area contributed by atoms with Crippen molar-refractivity contribution in [2.75, 3.05) is 11.9 Å². The number of nitrogens with zero attached hydrogens (tertiary/aromatic N) is 2. The lowest BCUT2D eigenvalue weighted by atomic mass is 10.2. The van der Waals surface area contributed by atoms with Crippen LogP contribution in [0.15, 0.2) is 42.7 Å². The maximum atomic E-state index is 10.9. The summed E-state index contributed by atoms with van der Waals surface area (Å²) in [5.41, 5.74) is 2.02. The first-order valence-electron chi connectivity index (χ1n) is 6.29. The van der Waals surface area contributed by atoms with E-state index < -0.39 is 0 Å². The predicted octanol–water partition coefficient (Wildman–Crippen LogP) is 1.63. The smallest absolute Gasteiger partial charge is 0.221 e. The molecule has 5 nitrogen and oxygen atoms in total. The van der Waals surface area contributed by atoms with Crippen LogP contribution in [0.1, 0.15) is 12.5 Å². The summed E-state index contributed by atoms with van der Waals surface area (Å²) in [4.78, 5) is 10.9. The quantitative estimate of drug-likeness (QED) is 0.774. The van der Waals surface area contributed by atoms with E-state index in [-0.39, 0.29) is 5.91 Å². The molecule has 2 aromatic rings. The summed E-state index contributed by atoms with van der Waals surface area (Å²) in [6.45, 7) is 4.04. The minimum Gasteiger partial charge on any atom is -0.326 e. The van der Waals surface area contributed by atoms with E-state index in [0.29, 0.717) is 0 Å². The summed E-state index contributed by atoms with van der Waals surface area (Å²) in [6.07, 6.45) is 3.73. The van der Waals surface area contributed by atoms with Gasteiger partial charge in [-0.05, 0) is 23.8 Å². The Kier molecular flexibility index (Phi) is 4.69. The molecule has 2 rings (SSSR count). The number of aromatic nitrogens is 2. The highest BCUT2D eigenvalue weighted by Gasteiger charge is 1.97. The Morgan fingerprint density at radius 3 is 2.74 bits per heavy atom. The molecule has 0 spiro atoms.